The van der Waals surface area contributed by atoms with Crippen molar-refractivity contribution in [3.8, 4) is 0 Å². The molecular formula is C16H18N+. The molecule has 0 fully saturated rings. The van der Waals surface area contributed by atoms with E-state index in [2.05, 4.69) is 72.6 Å². The summed E-state index contributed by atoms with van der Waals surface area (Å²) in [6.07, 6.45) is 1.94. The molecule has 0 spiro atoms. The standard InChI is InChI=1S/C16H17N/c1-2-13-17-16(14-9-5-3-6-10-14)15-11-7-4-8-12-15/h2-12,16-17H,1,13H2/p+1. The molecule has 0 bridgehead atoms. The van der Waals surface area contributed by atoms with Crippen LogP contribution < -0.4 is 5.32 Å². The topological polar surface area (TPSA) is 16.6 Å². The van der Waals surface area contributed by atoms with Gasteiger partial charge in [-0.25, -0.2) is 0 Å². The lowest BCUT2D eigenvalue weighted by Gasteiger charge is -2.15. The van der Waals surface area contributed by atoms with E-state index in [1.54, 1.807) is 0 Å². The highest BCUT2D eigenvalue weighted by Crippen LogP contribution is 2.17. The van der Waals surface area contributed by atoms with Crippen LogP contribution in [0.5, 0.6) is 0 Å². The molecule has 0 amide bonds. The van der Waals surface area contributed by atoms with E-state index in [-0.39, 0.29) is 0 Å². The van der Waals surface area contributed by atoms with E-state index in [1.165, 1.54) is 11.1 Å². The zero-order valence-electron chi connectivity index (χ0n) is 9.92. The van der Waals surface area contributed by atoms with Crippen molar-refractivity contribution in [2.45, 2.75) is 6.04 Å². The van der Waals surface area contributed by atoms with Crippen molar-refractivity contribution < 1.29 is 5.32 Å². The molecule has 86 valence electrons. The number of rotatable bonds is 5. The third-order valence-corrected chi connectivity index (χ3v) is 2.86. The normalized spacial score (nSPS) is 10.4. The van der Waals surface area contributed by atoms with Crippen LogP contribution in [0.4, 0.5) is 0 Å². The largest absolute Gasteiger partial charge is 0.333 e. The van der Waals surface area contributed by atoms with Crippen LogP contribution in [0.2, 0.25) is 0 Å². The maximum atomic E-state index is 3.79. The van der Waals surface area contributed by atoms with Crippen LogP contribution >= 0.6 is 0 Å². The Hall–Kier alpha value is -1.86. The van der Waals surface area contributed by atoms with Gasteiger partial charge in [0, 0.05) is 11.1 Å². The average Bonchev–Trinajstić information content (AvgIpc) is 2.42. The fraction of sp³-hybridized carbons (Fsp3) is 0.125. The van der Waals surface area contributed by atoms with Gasteiger partial charge in [0.2, 0.25) is 0 Å². The van der Waals surface area contributed by atoms with Gasteiger partial charge in [0.15, 0.2) is 0 Å². The quantitative estimate of drug-likeness (QED) is 0.752. The minimum atomic E-state index is 0.357. The van der Waals surface area contributed by atoms with Crippen molar-refractivity contribution >= 4 is 0 Å². The van der Waals surface area contributed by atoms with Gasteiger partial charge in [-0.3, -0.25) is 0 Å². The zero-order valence-corrected chi connectivity index (χ0v) is 9.92. The molecule has 2 N–H and O–H groups in total. The van der Waals surface area contributed by atoms with Gasteiger partial charge in [0.1, 0.15) is 6.04 Å². The summed E-state index contributed by atoms with van der Waals surface area (Å²) in [7, 11) is 0. The molecule has 0 radical (unpaired) electrons. The number of hydrogen-bond acceptors (Lipinski definition) is 0. The average molecular weight is 224 g/mol. The molecule has 0 saturated heterocycles. The Labute approximate surface area is 103 Å². The predicted molar refractivity (Wildman–Crippen MR) is 71.7 cm³/mol. The second kappa shape index (κ2) is 6.02. The first-order valence-electron chi connectivity index (χ1n) is 5.96. The molecule has 0 heterocycles. The Morgan fingerprint density at radius 3 is 1.76 bits per heavy atom. The van der Waals surface area contributed by atoms with Crippen LogP contribution in [0, 0.1) is 0 Å². The predicted octanol–water partition coefficient (Wildman–Crippen LogP) is 2.53. The number of benzene rings is 2. The summed E-state index contributed by atoms with van der Waals surface area (Å²) in [6.45, 7) is 4.71. The van der Waals surface area contributed by atoms with Crippen LogP contribution in [0.25, 0.3) is 0 Å². The van der Waals surface area contributed by atoms with Crippen molar-refractivity contribution in [1.82, 2.24) is 0 Å². The molecule has 2 aromatic rings. The van der Waals surface area contributed by atoms with Crippen LogP contribution in [-0.2, 0) is 0 Å². The minimum Gasteiger partial charge on any atom is -0.333 e. The van der Waals surface area contributed by atoms with E-state index in [9.17, 15) is 0 Å². The summed E-state index contributed by atoms with van der Waals surface area (Å²) < 4.78 is 0. The van der Waals surface area contributed by atoms with Crippen LogP contribution in [0.1, 0.15) is 17.2 Å². The monoisotopic (exact) mass is 224 g/mol. The molecule has 0 unspecified atom stereocenters. The molecule has 17 heavy (non-hydrogen) atoms. The first-order chi connectivity index (χ1) is 8.42. The van der Waals surface area contributed by atoms with E-state index in [1.807, 2.05) is 6.08 Å². The number of nitrogens with two attached hydrogens (primary N) is 1. The van der Waals surface area contributed by atoms with Crippen LogP contribution in [0.3, 0.4) is 0 Å². The fourth-order valence-electron chi connectivity index (χ4n) is 2.02. The van der Waals surface area contributed by atoms with E-state index in [0.717, 1.165) is 6.54 Å². The first-order valence-corrected chi connectivity index (χ1v) is 5.96. The van der Waals surface area contributed by atoms with Crippen LogP contribution in [-0.4, -0.2) is 6.54 Å². The third kappa shape index (κ3) is 3.05. The second-order valence-electron chi connectivity index (χ2n) is 4.06. The fourth-order valence-corrected chi connectivity index (χ4v) is 2.02. The molecule has 0 aromatic heterocycles. The molecule has 0 aliphatic carbocycles. The maximum Gasteiger partial charge on any atom is 0.138 e. The molecule has 1 heteroatoms. The van der Waals surface area contributed by atoms with Gasteiger partial charge in [0.05, 0.1) is 6.54 Å². The van der Waals surface area contributed by atoms with Crippen LogP contribution in [0.15, 0.2) is 73.3 Å². The SMILES string of the molecule is C=CC[NH2+]C(c1ccccc1)c1ccccc1. The third-order valence-electron chi connectivity index (χ3n) is 2.86. The summed E-state index contributed by atoms with van der Waals surface area (Å²) in [6, 6.07) is 21.5. The second-order valence-corrected chi connectivity index (χ2v) is 4.06. The van der Waals surface area contributed by atoms with Gasteiger partial charge in [0.25, 0.3) is 0 Å². The highest BCUT2D eigenvalue weighted by molar-refractivity contribution is 5.29. The molecule has 0 aliphatic heterocycles. The van der Waals surface area contributed by atoms with E-state index in [4.69, 9.17) is 0 Å². The highest BCUT2D eigenvalue weighted by Gasteiger charge is 2.15. The lowest BCUT2D eigenvalue weighted by Crippen LogP contribution is -2.85. The van der Waals surface area contributed by atoms with Gasteiger partial charge in [-0.15, -0.1) is 0 Å². The molecule has 0 saturated carbocycles. The summed E-state index contributed by atoms with van der Waals surface area (Å²) in [4.78, 5) is 0. The summed E-state index contributed by atoms with van der Waals surface area (Å²) in [5.74, 6) is 0. The molecular weight excluding hydrogens is 206 g/mol. The zero-order chi connectivity index (χ0) is 11.9. The lowest BCUT2D eigenvalue weighted by atomic mass is 9.99. The Bertz CT molecular complexity index is 408. The smallest absolute Gasteiger partial charge is 0.138 e. The lowest BCUT2D eigenvalue weighted by molar-refractivity contribution is -0.678. The highest BCUT2D eigenvalue weighted by atomic mass is 14.9. The van der Waals surface area contributed by atoms with Gasteiger partial charge in [-0.1, -0.05) is 67.2 Å². The summed E-state index contributed by atoms with van der Waals surface area (Å²) in [5.41, 5.74) is 2.67. The molecule has 2 rings (SSSR count). The van der Waals surface area contributed by atoms with Crippen molar-refractivity contribution in [3.05, 3.63) is 84.4 Å². The van der Waals surface area contributed by atoms with E-state index < -0.39 is 0 Å². The summed E-state index contributed by atoms with van der Waals surface area (Å²) >= 11 is 0. The molecule has 2 aromatic carbocycles. The van der Waals surface area contributed by atoms with Crippen molar-refractivity contribution in [2.24, 2.45) is 0 Å². The molecule has 0 atom stereocenters. The van der Waals surface area contributed by atoms with E-state index in [0.29, 0.717) is 6.04 Å². The van der Waals surface area contributed by atoms with Gasteiger partial charge >= 0.3 is 0 Å². The summed E-state index contributed by atoms with van der Waals surface area (Å²) in [5, 5.41) is 2.30. The molecule has 0 aliphatic rings. The Balaban J connectivity index is 2.29. The van der Waals surface area contributed by atoms with Gasteiger partial charge in [-0.2, -0.15) is 0 Å². The Kier molecular flexibility index (Phi) is 4.11. The Morgan fingerprint density at radius 1 is 0.882 bits per heavy atom. The number of quaternary nitrogens is 1. The minimum absolute atomic E-state index is 0.357. The molecule has 1 nitrogen and oxygen atoms in total. The first kappa shape index (κ1) is 11.6. The Morgan fingerprint density at radius 2 is 1.35 bits per heavy atom. The van der Waals surface area contributed by atoms with E-state index >= 15 is 0 Å². The van der Waals surface area contributed by atoms with Crippen molar-refractivity contribution in [3.63, 3.8) is 0 Å². The van der Waals surface area contributed by atoms with Gasteiger partial charge in [-0.05, 0) is 6.08 Å². The van der Waals surface area contributed by atoms with Crippen molar-refractivity contribution in [2.75, 3.05) is 6.54 Å². The van der Waals surface area contributed by atoms with Gasteiger partial charge < -0.3 is 5.32 Å². The van der Waals surface area contributed by atoms with Crippen molar-refractivity contribution in [1.29, 1.82) is 0 Å². The maximum absolute atomic E-state index is 3.79. The number of hydrogen-bond donors (Lipinski definition) is 1.